The van der Waals surface area contributed by atoms with Gasteiger partial charge in [0.2, 0.25) is 0 Å². The molecule has 1 spiro atoms. The van der Waals surface area contributed by atoms with E-state index in [0.29, 0.717) is 31.3 Å². The summed E-state index contributed by atoms with van der Waals surface area (Å²) in [7, 11) is 0. The molecule has 11 heteroatoms. The van der Waals surface area contributed by atoms with Crippen molar-refractivity contribution in [2.24, 2.45) is 5.41 Å². The van der Waals surface area contributed by atoms with Crippen LogP contribution in [0.15, 0.2) is 36.9 Å². The number of anilines is 1. The Labute approximate surface area is 194 Å². The van der Waals surface area contributed by atoms with Gasteiger partial charge in [-0.1, -0.05) is 0 Å². The number of alkyl halides is 3. The standard InChI is InChI=1S/C23H27F3N6O2/c24-23(25,26)16-1-2-20-27-12-19(32(20)13-16)21(34)30-8-7-22(15-30)5-3-17(4-6-22)29-18-11-28-31(14-18)9-10-33/h1-2,11-14,17,29,33H,3-10,15H2. The van der Waals surface area contributed by atoms with E-state index < -0.39 is 11.7 Å². The molecule has 2 aliphatic rings. The lowest BCUT2D eigenvalue weighted by atomic mass is 9.72. The van der Waals surface area contributed by atoms with Crippen molar-refractivity contribution in [1.82, 2.24) is 24.1 Å². The first kappa shape index (κ1) is 22.7. The third-order valence-corrected chi connectivity index (χ3v) is 7.16. The quantitative estimate of drug-likeness (QED) is 0.589. The number of aliphatic hydroxyl groups is 1. The predicted molar refractivity (Wildman–Crippen MR) is 118 cm³/mol. The number of amides is 1. The summed E-state index contributed by atoms with van der Waals surface area (Å²) in [5.74, 6) is -0.278. The molecular weight excluding hydrogens is 449 g/mol. The summed E-state index contributed by atoms with van der Waals surface area (Å²) in [6, 6.07) is 2.58. The molecule has 0 aromatic carbocycles. The lowest BCUT2D eigenvalue weighted by Gasteiger charge is -2.37. The molecule has 3 aromatic rings. The number of aromatic nitrogens is 4. The molecule has 1 aliphatic carbocycles. The molecule has 1 amide bonds. The Kier molecular flexibility index (Phi) is 5.75. The van der Waals surface area contributed by atoms with Gasteiger partial charge in [-0.2, -0.15) is 18.3 Å². The lowest BCUT2D eigenvalue weighted by molar-refractivity contribution is -0.137. The van der Waals surface area contributed by atoms with Crippen molar-refractivity contribution in [3.05, 3.63) is 48.2 Å². The first-order valence-corrected chi connectivity index (χ1v) is 11.5. The second-order valence-corrected chi connectivity index (χ2v) is 9.40. The average Bonchev–Trinajstić information content (AvgIpc) is 3.53. The highest BCUT2D eigenvalue weighted by Gasteiger charge is 2.43. The Balaban J connectivity index is 1.22. The first-order valence-electron chi connectivity index (χ1n) is 11.5. The Bertz CT molecular complexity index is 1180. The van der Waals surface area contributed by atoms with Crippen LogP contribution in [0, 0.1) is 5.41 Å². The van der Waals surface area contributed by atoms with Gasteiger partial charge in [-0.25, -0.2) is 4.98 Å². The SMILES string of the molecule is O=C(c1cnc2ccc(C(F)(F)F)cn12)N1CCC2(CCC(Nc3cnn(CCO)c3)CC2)C1. The monoisotopic (exact) mass is 476 g/mol. The fraction of sp³-hybridized carbons (Fsp3) is 0.522. The molecule has 5 rings (SSSR count). The van der Waals surface area contributed by atoms with Crippen LogP contribution in [0.5, 0.6) is 0 Å². The van der Waals surface area contributed by atoms with E-state index in [0.717, 1.165) is 50.1 Å². The molecule has 4 heterocycles. The maximum atomic E-state index is 13.2. The molecule has 3 aromatic heterocycles. The summed E-state index contributed by atoms with van der Waals surface area (Å²) in [5.41, 5.74) is 0.653. The smallest absolute Gasteiger partial charge is 0.394 e. The molecule has 8 nitrogen and oxygen atoms in total. The van der Waals surface area contributed by atoms with Crippen LogP contribution >= 0.6 is 0 Å². The fourth-order valence-electron chi connectivity index (χ4n) is 5.26. The van der Waals surface area contributed by atoms with Crippen molar-refractivity contribution in [1.29, 1.82) is 0 Å². The van der Waals surface area contributed by atoms with Gasteiger partial charge in [0.1, 0.15) is 11.3 Å². The van der Waals surface area contributed by atoms with E-state index in [1.54, 1.807) is 15.8 Å². The van der Waals surface area contributed by atoms with Gasteiger partial charge < -0.3 is 15.3 Å². The minimum Gasteiger partial charge on any atom is -0.394 e. The van der Waals surface area contributed by atoms with Crippen LogP contribution in [0.25, 0.3) is 5.65 Å². The van der Waals surface area contributed by atoms with Crippen molar-refractivity contribution < 1.29 is 23.1 Å². The molecule has 1 saturated heterocycles. The zero-order valence-corrected chi connectivity index (χ0v) is 18.6. The Morgan fingerprint density at radius 2 is 1.97 bits per heavy atom. The van der Waals surface area contributed by atoms with Gasteiger partial charge in [0.25, 0.3) is 5.91 Å². The summed E-state index contributed by atoms with van der Waals surface area (Å²) < 4.78 is 42.4. The number of aliphatic hydroxyl groups excluding tert-OH is 1. The van der Waals surface area contributed by atoms with Crippen LogP contribution in [0.2, 0.25) is 0 Å². The topological polar surface area (TPSA) is 87.7 Å². The second kappa shape index (κ2) is 8.61. The molecule has 1 saturated carbocycles. The van der Waals surface area contributed by atoms with E-state index in [9.17, 15) is 18.0 Å². The Morgan fingerprint density at radius 3 is 2.71 bits per heavy atom. The van der Waals surface area contributed by atoms with Crippen LogP contribution in [0.1, 0.15) is 48.2 Å². The molecule has 34 heavy (non-hydrogen) atoms. The number of pyridine rings is 1. The highest BCUT2D eigenvalue weighted by atomic mass is 19.4. The highest BCUT2D eigenvalue weighted by Crippen LogP contribution is 2.44. The molecule has 0 bridgehead atoms. The normalized spacial score (nSPS) is 23.2. The van der Waals surface area contributed by atoms with Crippen molar-refractivity contribution in [2.75, 3.05) is 25.0 Å². The number of hydrogen-bond acceptors (Lipinski definition) is 5. The van der Waals surface area contributed by atoms with E-state index in [2.05, 4.69) is 15.4 Å². The van der Waals surface area contributed by atoms with E-state index in [1.165, 1.54) is 16.7 Å². The third-order valence-electron chi connectivity index (χ3n) is 7.16. The molecule has 1 aliphatic heterocycles. The fourth-order valence-corrected chi connectivity index (χ4v) is 5.26. The highest BCUT2D eigenvalue weighted by molar-refractivity contribution is 5.93. The number of imidazole rings is 1. The number of halogens is 3. The van der Waals surface area contributed by atoms with Gasteiger partial charge in [0.05, 0.1) is 36.8 Å². The predicted octanol–water partition coefficient (Wildman–Crippen LogP) is 3.43. The van der Waals surface area contributed by atoms with Crippen molar-refractivity contribution in [2.45, 2.75) is 50.9 Å². The van der Waals surface area contributed by atoms with Crippen molar-refractivity contribution in [3.8, 4) is 0 Å². The maximum Gasteiger partial charge on any atom is 0.417 e. The number of nitrogens with zero attached hydrogens (tertiary/aromatic N) is 5. The molecule has 2 N–H and O–H groups in total. The van der Waals surface area contributed by atoms with Gasteiger partial charge in [-0.15, -0.1) is 0 Å². The number of fused-ring (bicyclic) bond motifs is 1. The number of hydrogen-bond donors (Lipinski definition) is 2. The number of carbonyl (C=O) groups excluding carboxylic acids is 1. The molecule has 0 unspecified atom stereocenters. The van der Waals surface area contributed by atoms with Gasteiger partial charge in [-0.3, -0.25) is 13.9 Å². The van der Waals surface area contributed by atoms with Crippen LogP contribution in [-0.2, 0) is 12.7 Å². The minimum absolute atomic E-state index is 0.0425. The lowest BCUT2D eigenvalue weighted by Crippen LogP contribution is -2.37. The van der Waals surface area contributed by atoms with E-state index in [1.807, 2.05) is 6.20 Å². The van der Waals surface area contributed by atoms with E-state index in [4.69, 9.17) is 5.11 Å². The molecule has 182 valence electrons. The summed E-state index contributed by atoms with van der Waals surface area (Å²) in [5, 5.41) is 16.8. The Hall–Kier alpha value is -3.08. The number of carbonyl (C=O) groups is 1. The van der Waals surface area contributed by atoms with Crippen LogP contribution < -0.4 is 5.32 Å². The zero-order valence-electron chi connectivity index (χ0n) is 18.6. The molecule has 0 radical (unpaired) electrons. The Morgan fingerprint density at radius 1 is 1.18 bits per heavy atom. The number of nitrogens with one attached hydrogen (secondary N) is 1. The van der Waals surface area contributed by atoms with Crippen LogP contribution in [0.3, 0.4) is 0 Å². The molecule has 2 fully saturated rings. The largest absolute Gasteiger partial charge is 0.417 e. The van der Waals surface area contributed by atoms with Crippen molar-refractivity contribution in [3.63, 3.8) is 0 Å². The van der Waals surface area contributed by atoms with Crippen molar-refractivity contribution >= 4 is 17.2 Å². The third kappa shape index (κ3) is 4.36. The van der Waals surface area contributed by atoms with E-state index in [-0.39, 0.29) is 23.6 Å². The van der Waals surface area contributed by atoms with Gasteiger partial charge in [0.15, 0.2) is 0 Å². The second-order valence-electron chi connectivity index (χ2n) is 9.40. The summed E-state index contributed by atoms with van der Waals surface area (Å²) in [6.07, 6.45) is 6.25. The van der Waals surface area contributed by atoms with Gasteiger partial charge in [0, 0.05) is 31.5 Å². The summed E-state index contributed by atoms with van der Waals surface area (Å²) in [4.78, 5) is 19.1. The van der Waals surface area contributed by atoms with Crippen LogP contribution in [-0.4, -0.2) is 60.8 Å². The zero-order chi connectivity index (χ0) is 23.9. The minimum atomic E-state index is -4.49. The van der Waals surface area contributed by atoms with Gasteiger partial charge >= 0.3 is 6.18 Å². The molecule has 0 atom stereocenters. The van der Waals surface area contributed by atoms with Crippen LogP contribution in [0.4, 0.5) is 18.9 Å². The molecular formula is C23H27F3N6O2. The maximum absolute atomic E-state index is 13.2. The van der Waals surface area contributed by atoms with E-state index >= 15 is 0 Å². The average molecular weight is 477 g/mol. The first-order chi connectivity index (χ1) is 16.3. The summed E-state index contributed by atoms with van der Waals surface area (Å²) >= 11 is 0. The summed E-state index contributed by atoms with van der Waals surface area (Å²) in [6.45, 7) is 1.71. The number of rotatable bonds is 5. The number of likely N-dealkylation sites (tertiary alicyclic amines) is 1. The van der Waals surface area contributed by atoms with Gasteiger partial charge in [-0.05, 0) is 49.7 Å².